The van der Waals surface area contributed by atoms with Crippen molar-refractivity contribution in [3.8, 4) is 0 Å². The first-order chi connectivity index (χ1) is 8.65. The highest BCUT2D eigenvalue weighted by atomic mass is 16.2. The van der Waals surface area contributed by atoms with E-state index in [1.54, 1.807) is 12.4 Å². The molecule has 0 saturated heterocycles. The van der Waals surface area contributed by atoms with Crippen LogP contribution < -0.4 is 11.1 Å². The van der Waals surface area contributed by atoms with Crippen LogP contribution in [0, 0.1) is 0 Å². The zero-order chi connectivity index (χ0) is 13.0. The number of carbonyl (C=O) groups is 1. The fourth-order valence-corrected chi connectivity index (χ4v) is 1.53. The Hall–Kier alpha value is -2.44. The monoisotopic (exact) mass is 246 g/mol. The molecule has 2 aromatic heterocycles. The first-order valence-electron chi connectivity index (χ1n) is 5.49. The topological polar surface area (TPSA) is 98.7 Å². The van der Waals surface area contributed by atoms with Gasteiger partial charge in [0.05, 0.1) is 6.04 Å². The van der Waals surface area contributed by atoms with Gasteiger partial charge in [-0.15, -0.1) is 5.10 Å². The van der Waals surface area contributed by atoms with Crippen molar-refractivity contribution in [2.24, 2.45) is 0 Å². The second-order valence-electron chi connectivity index (χ2n) is 3.88. The Labute approximate surface area is 104 Å². The van der Waals surface area contributed by atoms with Gasteiger partial charge in [0.25, 0.3) is 0 Å². The maximum atomic E-state index is 11.7. The Kier molecular flexibility index (Phi) is 3.52. The zero-order valence-electron chi connectivity index (χ0n) is 9.95. The molecule has 7 heteroatoms. The average Bonchev–Trinajstić information content (AvgIpc) is 2.75. The van der Waals surface area contributed by atoms with Crippen molar-refractivity contribution in [3.63, 3.8) is 0 Å². The summed E-state index contributed by atoms with van der Waals surface area (Å²) in [5.41, 5.74) is 6.31. The van der Waals surface area contributed by atoms with Crippen LogP contribution in [0.15, 0.2) is 30.9 Å². The van der Waals surface area contributed by atoms with Crippen molar-refractivity contribution in [2.75, 3.05) is 5.73 Å². The number of nitrogen functional groups attached to an aromatic ring is 1. The summed E-state index contributed by atoms with van der Waals surface area (Å²) < 4.78 is 1.39. The maximum Gasteiger partial charge on any atom is 0.242 e. The van der Waals surface area contributed by atoms with Gasteiger partial charge in [-0.1, -0.05) is 6.07 Å². The molecule has 0 aliphatic heterocycles. The van der Waals surface area contributed by atoms with Crippen LogP contribution in [0.4, 0.5) is 5.95 Å². The third kappa shape index (κ3) is 3.03. The van der Waals surface area contributed by atoms with Crippen molar-refractivity contribution in [1.82, 2.24) is 25.1 Å². The fraction of sp³-hybridized carbons (Fsp3) is 0.273. The van der Waals surface area contributed by atoms with Gasteiger partial charge < -0.3 is 11.1 Å². The van der Waals surface area contributed by atoms with Gasteiger partial charge in [0.15, 0.2) is 0 Å². The molecule has 94 valence electrons. The SMILES string of the molecule is CC(NC(=O)Cn1cnc(N)n1)c1cccnc1. The van der Waals surface area contributed by atoms with Crippen molar-refractivity contribution in [3.05, 3.63) is 36.4 Å². The molecule has 1 amide bonds. The van der Waals surface area contributed by atoms with Gasteiger partial charge >= 0.3 is 0 Å². The lowest BCUT2D eigenvalue weighted by Gasteiger charge is -2.13. The van der Waals surface area contributed by atoms with Gasteiger partial charge in [0.1, 0.15) is 12.9 Å². The van der Waals surface area contributed by atoms with Crippen molar-refractivity contribution in [2.45, 2.75) is 19.5 Å². The second kappa shape index (κ2) is 5.26. The molecule has 18 heavy (non-hydrogen) atoms. The minimum atomic E-state index is -0.156. The predicted octanol–water partition coefficient (Wildman–Crippen LogP) is 0.133. The number of carbonyl (C=O) groups excluding carboxylic acids is 1. The Balaban J connectivity index is 1.92. The maximum absolute atomic E-state index is 11.7. The third-order valence-electron chi connectivity index (χ3n) is 2.42. The van der Waals surface area contributed by atoms with Crippen LogP contribution in [0.1, 0.15) is 18.5 Å². The molecular weight excluding hydrogens is 232 g/mol. The van der Waals surface area contributed by atoms with E-state index in [1.165, 1.54) is 11.0 Å². The summed E-state index contributed by atoms with van der Waals surface area (Å²) >= 11 is 0. The number of hydrogen-bond donors (Lipinski definition) is 2. The summed E-state index contributed by atoms with van der Waals surface area (Å²) in [7, 11) is 0. The number of aromatic nitrogens is 4. The summed E-state index contributed by atoms with van der Waals surface area (Å²) in [5, 5.41) is 6.69. The van der Waals surface area contributed by atoms with Crippen LogP contribution in [0.3, 0.4) is 0 Å². The first kappa shape index (κ1) is 12.0. The van der Waals surface area contributed by atoms with E-state index in [1.807, 2.05) is 19.1 Å². The van der Waals surface area contributed by atoms with Crippen LogP contribution in [-0.2, 0) is 11.3 Å². The van der Waals surface area contributed by atoms with E-state index >= 15 is 0 Å². The van der Waals surface area contributed by atoms with Gasteiger partial charge in [-0.05, 0) is 18.6 Å². The molecule has 2 heterocycles. The molecule has 0 fully saturated rings. The van der Waals surface area contributed by atoms with E-state index in [-0.39, 0.29) is 24.4 Å². The molecule has 1 atom stereocenters. The van der Waals surface area contributed by atoms with Gasteiger partial charge in [-0.3, -0.25) is 9.78 Å². The molecule has 0 spiro atoms. The number of amides is 1. The normalized spacial score (nSPS) is 12.1. The minimum absolute atomic E-state index is 0.0921. The van der Waals surface area contributed by atoms with Crippen LogP contribution in [0.2, 0.25) is 0 Å². The van der Waals surface area contributed by atoms with Gasteiger partial charge in [-0.2, -0.15) is 0 Å². The number of nitrogens with zero attached hydrogens (tertiary/aromatic N) is 4. The standard InChI is InChI=1S/C11H14N6O/c1-8(9-3-2-4-13-5-9)15-10(18)6-17-7-14-11(12)16-17/h2-5,7-8H,6H2,1H3,(H2,12,16)(H,15,18). The average molecular weight is 246 g/mol. The molecule has 0 aliphatic carbocycles. The van der Waals surface area contributed by atoms with E-state index in [9.17, 15) is 4.79 Å². The van der Waals surface area contributed by atoms with Gasteiger partial charge in [-0.25, -0.2) is 9.67 Å². The Morgan fingerprint density at radius 1 is 1.61 bits per heavy atom. The number of anilines is 1. The van der Waals surface area contributed by atoms with E-state index < -0.39 is 0 Å². The molecule has 0 aliphatic rings. The Morgan fingerprint density at radius 3 is 3.06 bits per heavy atom. The number of pyridine rings is 1. The Morgan fingerprint density at radius 2 is 2.44 bits per heavy atom. The highest BCUT2D eigenvalue weighted by Crippen LogP contribution is 2.09. The van der Waals surface area contributed by atoms with Crippen LogP contribution in [-0.4, -0.2) is 25.7 Å². The summed E-state index contributed by atoms with van der Waals surface area (Å²) in [6, 6.07) is 3.63. The van der Waals surface area contributed by atoms with Crippen LogP contribution >= 0.6 is 0 Å². The molecular formula is C11H14N6O. The number of nitrogens with one attached hydrogen (secondary N) is 1. The second-order valence-corrected chi connectivity index (χ2v) is 3.88. The molecule has 7 nitrogen and oxygen atoms in total. The summed E-state index contributed by atoms with van der Waals surface area (Å²) in [6.07, 6.45) is 4.83. The smallest absolute Gasteiger partial charge is 0.242 e. The molecule has 0 aromatic carbocycles. The van der Waals surface area contributed by atoms with E-state index in [4.69, 9.17) is 5.73 Å². The van der Waals surface area contributed by atoms with E-state index in [0.29, 0.717) is 0 Å². The highest BCUT2D eigenvalue weighted by Gasteiger charge is 2.10. The molecule has 1 unspecified atom stereocenters. The summed E-state index contributed by atoms with van der Waals surface area (Å²) in [5.74, 6) is -0.000592. The zero-order valence-corrected chi connectivity index (χ0v) is 9.95. The third-order valence-corrected chi connectivity index (χ3v) is 2.42. The van der Waals surface area contributed by atoms with Crippen molar-refractivity contribution in [1.29, 1.82) is 0 Å². The number of hydrogen-bond acceptors (Lipinski definition) is 5. The van der Waals surface area contributed by atoms with Crippen LogP contribution in [0.25, 0.3) is 0 Å². The predicted molar refractivity (Wildman–Crippen MR) is 65.2 cm³/mol. The number of nitrogens with two attached hydrogens (primary N) is 1. The lowest BCUT2D eigenvalue weighted by atomic mass is 10.1. The molecule has 3 N–H and O–H groups in total. The molecule has 0 saturated carbocycles. The van der Waals surface area contributed by atoms with E-state index in [2.05, 4.69) is 20.4 Å². The van der Waals surface area contributed by atoms with Crippen molar-refractivity contribution >= 4 is 11.9 Å². The first-order valence-corrected chi connectivity index (χ1v) is 5.49. The van der Waals surface area contributed by atoms with Gasteiger partial charge in [0, 0.05) is 12.4 Å². The lowest BCUT2D eigenvalue weighted by molar-refractivity contribution is -0.122. The lowest BCUT2D eigenvalue weighted by Crippen LogP contribution is -2.30. The molecule has 2 rings (SSSR count). The number of rotatable bonds is 4. The quantitative estimate of drug-likeness (QED) is 0.799. The summed E-state index contributed by atoms with van der Waals surface area (Å²) in [6.45, 7) is 1.99. The highest BCUT2D eigenvalue weighted by molar-refractivity contribution is 5.76. The van der Waals surface area contributed by atoms with Gasteiger partial charge in [0.2, 0.25) is 11.9 Å². The molecule has 0 radical (unpaired) electrons. The molecule has 2 aromatic rings. The Bertz CT molecular complexity index is 523. The van der Waals surface area contributed by atoms with E-state index in [0.717, 1.165) is 5.56 Å². The van der Waals surface area contributed by atoms with Crippen LogP contribution in [0.5, 0.6) is 0 Å². The summed E-state index contributed by atoms with van der Waals surface area (Å²) in [4.78, 5) is 19.5. The molecule has 0 bridgehead atoms. The fourth-order valence-electron chi connectivity index (χ4n) is 1.53. The largest absolute Gasteiger partial charge is 0.367 e. The van der Waals surface area contributed by atoms with Crippen molar-refractivity contribution < 1.29 is 4.79 Å². The minimum Gasteiger partial charge on any atom is -0.367 e.